The Hall–Kier alpha value is -1.68. The van der Waals surface area contributed by atoms with Gasteiger partial charge in [0.25, 0.3) is 0 Å². The van der Waals surface area contributed by atoms with E-state index in [0.29, 0.717) is 0 Å². The van der Waals surface area contributed by atoms with Crippen molar-refractivity contribution in [2.75, 3.05) is 6.54 Å². The van der Waals surface area contributed by atoms with Crippen molar-refractivity contribution >= 4 is 0 Å². The molecule has 1 unspecified atom stereocenters. The van der Waals surface area contributed by atoms with Crippen molar-refractivity contribution in [3.05, 3.63) is 47.8 Å². The van der Waals surface area contributed by atoms with Crippen LogP contribution in [-0.2, 0) is 0 Å². The highest BCUT2D eigenvalue weighted by atomic mass is 15.0. The first kappa shape index (κ1) is 11.8. The molecule has 1 atom stereocenters. The van der Waals surface area contributed by atoms with E-state index in [1.54, 1.807) is 6.20 Å². The summed E-state index contributed by atoms with van der Waals surface area (Å²) in [6.45, 7) is 5.10. The van der Waals surface area contributed by atoms with Gasteiger partial charge in [0, 0.05) is 24.3 Å². The molecule has 0 saturated heterocycles. The van der Waals surface area contributed by atoms with Crippen molar-refractivity contribution < 1.29 is 0 Å². The van der Waals surface area contributed by atoms with Crippen LogP contribution in [0.2, 0.25) is 0 Å². The molecule has 2 N–H and O–H groups in total. The average Bonchev–Trinajstić information content (AvgIpc) is 2.85. The fourth-order valence-electron chi connectivity index (χ4n) is 1.75. The third-order valence-corrected chi connectivity index (χ3v) is 2.66. The molecule has 2 aromatic rings. The maximum absolute atomic E-state index is 4.34. The molecule has 90 valence electrons. The summed E-state index contributed by atoms with van der Waals surface area (Å²) in [6.07, 6.45) is 6.62. The maximum Gasteiger partial charge on any atom is 0.127 e. The summed E-state index contributed by atoms with van der Waals surface area (Å²) >= 11 is 0. The smallest absolute Gasteiger partial charge is 0.127 e. The molecule has 2 heterocycles. The Labute approximate surface area is 102 Å². The molecule has 0 aliphatic heterocycles. The lowest BCUT2D eigenvalue weighted by Crippen LogP contribution is -2.24. The van der Waals surface area contributed by atoms with Crippen LogP contribution in [0.3, 0.4) is 0 Å². The van der Waals surface area contributed by atoms with Crippen LogP contribution in [-0.4, -0.2) is 21.5 Å². The highest BCUT2D eigenvalue weighted by Gasteiger charge is 2.15. The third kappa shape index (κ3) is 2.91. The fourth-order valence-corrected chi connectivity index (χ4v) is 1.75. The van der Waals surface area contributed by atoms with Gasteiger partial charge in [-0.25, -0.2) is 4.98 Å². The number of rotatable bonds is 5. The highest BCUT2D eigenvalue weighted by Crippen LogP contribution is 2.18. The Balaban J connectivity index is 2.23. The molecule has 2 rings (SSSR count). The van der Waals surface area contributed by atoms with E-state index in [0.717, 1.165) is 30.0 Å². The molecule has 0 aliphatic rings. The Bertz CT molecular complexity index is 433. The van der Waals surface area contributed by atoms with Gasteiger partial charge >= 0.3 is 0 Å². The molecule has 0 fully saturated rings. The molecule has 0 spiro atoms. The number of hydrogen-bond acceptors (Lipinski definition) is 3. The number of aromatic nitrogens is 3. The largest absolute Gasteiger partial charge is 0.347 e. The summed E-state index contributed by atoms with van der Waals surface area (Å²) in [5, 5.41) is 3.47. The van der Waals surface area contributed by atoms with Crippen molar-refractivity contribution in [1.29, 1.82) is 0 Å². The molecule has 2 aromatic heterocycles. The topological polar surface area (TPSA) is 53.6 Å². The summed E-state index contributed by atoms with van der Waals surface area (Å²) < 4.78 is 0. The van der Waals surface area contributed by atoms with Gasteiger partial charge in [-0.3, -0.25) is 4.98 Å². The summed E-state index contributed by atoms with van der Waals surface area (Å²) in [7, 11) is 0. The lowest BCUT2D eigenvalue weighted by atomic mass is 10.1. The molecule has 0 radical (unpaired) electrons. The van der Waals surface area contributed by atoms with Crippen molar-refractivity contribution in [3.8, 4) is 0 Å². The van der Waals surface area contributed by atoms with Crippen molar-refractivity contribution in [3.63, 3.8) is 0 Å². The second kappa shape index (κ2) is 5.59. The van der Waals surface area contributed by atoms with Gasteiger partial charge in [-0.15, -0.1) is 0 Å². The lowest BCUT2D eigenvalue weighted by molar-refractivity contribution is 0.575. The van der Waals surface area contributed by atoms with Crippen LogP contribution in [0.25, 0.3) is 0 Å². The SMILES string of the molecule is CCCNC(c1ccc(C)nc1)c1ncc[nH]1. The standard InChI is InChI=1S/C13H18N4/c1-3-6-14-12(13-15-7-8-16-13)11-5-4-10(2)17-9-11/h4-5,7-9,12,14H,3,6H2,1-2H3,(H,15,16). The number of imidazole rings is 1. The van der Waals surface area contributed by atoms with Gasteiger partial charge in [-0.2, -0.15) is 0 Å². The van der Waals surface area contributed by atoms with Crippen molar-refractivity contribution in [1.82, 2.24) is 20.3 Å². The normalized spacial score (nSPS) is 12.6. The third-order valence-electron chi connectivity index (χ3n) is 2.66. The van der Waals surface area contributed by atoms with Crippen LogP contribution in [0.5, 0.6) is 0 Å². The zero-order chi connectivity index (χ0) is 12.1. The van der Waals surface area contributed by atoms with E-state index in [1.807, 2.05) is 25.4 Å². The van der Waals surface area contributed by atoms with Gasteiger partial charge in [0.15, 0.2) is 0 Å². The van der Waals surface area contributed by atoms with E-state index >= 15 is 0 Å². The van der Waals surface area contributed by atoms with E-state index in [4.69, 9.17) is 0 Å². The molecule has 4 heteroatoms. The number of aromatic amines is 1. The Morgan fingerprint density at radius 3 is 2.82 bits per heavy atom. The van der Waals surface area contributed by atoms with Gasteiger partial charge in [-0.1, -0.05) is 13.0 Å². The van der Waals surface area contributed by atoms with Gasteiger partial charge in [0.1, 0.15) is 5.82 Å². The molecule has 17 heavy (non-hydrogen) atoms. The minimum atomic E-state index is 0.0954. The Kier molecular flexibility index (Phi) is 3.88. The highest BCUT2D eigenvalue weighted by molar-refractivity contribution is 5.23. The number of hydrogen-bond donors (Lipinski definition) is 2. The van der Waals surface area contributed by atoms with Crippen LogP contribution < -0.4 is 5.32 Å². The first-order valence-corrected chi connectivity index (χ1v) is 5.96. The van der Waals surface area contributed by atoms with Crippen molar-refractivity contribution in [2.24, 2.45) is 0 Å². The van der Waals surface area contributed by atoms with Crippen molar-refractivity contribution in [2.45, 2.75) is 26.3 Å². The summed E-state index contributed by atoms with van der Waals surface area (Å²) in [4.78, 5) is 11.8. The molecular formula is C13H18N4. The number of nitrogens with one attached hydrogen (secondary N) is 2. The first-order valence-electron chi connectivity index (χ1n) is 5.96. The van der Waals surface area contributed by atoms with Gasteiger partial charge in [0.05, 0.1) is 6.04 Å². The molecule has 0 amide bonds. The quantitative estimate of drug-likeness (QED) is 0.828. The second-order valence-corrected chi connectivity index (χ2v) is 4.09. The number of H-pyrrole nitrogens is 1. The number of nitrogens with zero attached hydrogens (tertiary/aromatic N) is 2. The fraction of sp³-hybridized carbons (Fsp3) is 0.385. The molecule has 0 aliphatic carbocycles. The molecule has 4 nitrogen and oxygen atoms in total. The van der Waals surface area contributed by atoms with Crippen LogP contribution in [0.15, 0.2) is 30.7 Å². The summed E-state index contributed by atoms with van der Waals surface area (Å²) in [5.41, 5.74) is 2.17. The van der Waals surface area contributed by atoms with E-state index in [-0.39, 0.29) is 6.04 Å². The van der Waals surface area contributed by atoms with Gasteiger partial charge in [-0.05, 0) is 31.5 Å². The second-order valence-electron chi connectivity index (χ2n) is 4.09. The summed E-state index contributed by atoms with van der Waals surface area (Å²) in [5.74, 6) is 0.934. The average molecular weight is 230 g/mol. The first-order chi connectivity index (χ1) is 8.31. The minimum Gasteiger partial charge on any atom is -0.347 e. The molecular weight excluding hydrogens is 212 g/mol. The number of aryl methyl sites for hydroxylation is 1. The van der Waals surface area contributed by atoms with E-state index in [9.17, 15) is 0 Å². The summed E-state index contributed by atoms with van der Waals surface area (Å²) in [6, 6.07) is 4.22. The number of pyridine rings is 1. The monoisotopic (exact) mass is 230 g/mol. The van der Waals surface area contributed by atoms with Gasteiger partial charge in [0.2, 0.25) is 0 Å². The van der Waals surface area contributed by atoms with E-state index < -0.39 is 0 Å². The van der Waals surface area contributed by atoms with Crippen LogP contribution >= 0.6 is 0 Å². The molecule has 0 aromatic carbocycles. The minimum absolute atomic E-state index is 0.0954. The molecule has 0 saturated carbocycles. The predicted octanol–water partition coefficient (Wildman–Crippen LogP) is 2.20. The van der Waals surface area contributed by atoms with E-state index in [2.05, 4.69) is 33.3 Å². The lowest BCUT2D eigenvalue weighted by Gasteiger charge is -2.16. The maximum atomic E-state index is 4.34. The van der Waals surface area contributed by atoms with Gasteiger partial charge < -0.3 is 10.3 Å². The Morgan fingerprint density at radius 1 is 1.35 bits per heavy atom. The molecule has 0 bridgehead atoms. The van der Waals surface area contributed by atoms with Crippen LogP contribution in [0, 0.1) is 6.92 Å². The zero-order valence-electron chi connectivity index (χ0n) is 10.3. The van der Waals surface area contributed by atoms with E-state index in [1.165, 1.54) is 0 Å². The Morgan fingerprint density at radius 2 is 2.24 bits per heavy atom. The zero-order valence-corrected chi connectivity index (χ0v) is 10.3. The van der Waals surface area contributed by atoms with Crippen LogP contribution in [0.1, 0.15) is 36.5 Å². The van der Waals surface area contributed by atoms with Crippen LogP contribution in [0.4, 0.5) is 0 Å². The predicted molar refractivity (Wildman–Crippen MR) is 67.7 cm³/mol.